The Morgan fingerprint density at radius 1 is 0.865 bits per heavy atom. The van der Waals surface area contributed by atoms with Gasteiger partial charge in [-0.25, -0.2) is 9.87 Å². The lowest BCUT2D eigenvalue weighted by Crippen LogP contribution is -2.51. The molecule has 3 amide bonds. The molecule has 0 saturated carbocycles. The number of halogens is 1. The van der Waals surface area contributed by atoms with Gasteiger partial charge in [0.15, 0.2) is 0 Å². The molecular weight excluding hydrogens is 479 g/mol. The van der Waals surface area contributed by atoms with Crippen molar-refractivity contribution in [1.29, 1.82) is 0 Å². The van der Waals surface area contributed by atoms with E-state index in [0.717, 1.165) is 0 Å². The molecule has 3 rings (SSSR count). The van der Waals surface area contributed by atoms with Crippen molar-refractivity contribution in [2.24, 2.45) is 0 Å². The van der Waals surface area contributed by atoms with Gasteiger partial charge in [-0.3, -0.25) is 19.6 Å². The van der Waals surface area contributed by atoms with E-state index in [-0.39, 0.29) is 23.8 Å². The minimum atomic E-state index is -1.31. The Kier molecular flexibility index (Phi) is 9.32. The van der Waals surface area contributed by atoms with Crippen LogP contribution in [-0.4, -0.2) is 46.7 Å². The van der Waals surface area contributed by atoms with Gasteiger partial charge in [-0.2, -0.15) is 0 Å². The number of hydrogen-bond acceptors (Lipinski definition) is 6. The normalized spacial score (nSPS) is 11.8. The summed E-state index contributed by atoms with van der Waals surface area (Å²) in [6, 6.07) is 17.6. The molecule has 0 aliphatic heterocycles. The molecule has 9 nitrogen and oxygen atoms in total. The summed E-state index contributed by atoms with van der Waals surface area (Å²) in [7, 11) is 0. The summed E-state index contributed by atoms with van der Waals surface area (Å²) in [5, 5.41) is 26.4. The van der Waals surface area contributed by atoms with Crippen molar-refractivity contribution in [3.05, 3.63) is 95.3 Å². The van der Waals surface area contributed by atoms with E-state index in [1.54, 1.807) is 48.5 Å². The molecule has 3 aromatic carbocycles. The molecule has 2 atom stereocenters. The minimum Gasteiger partial charge on any atom is -0.391 e. The fraction of sp³-hybridized carbons (Fsp3) is 0.148. The van der Waals surface area contributed by atoms with E-state index in [2.05, 4.69) is 27.8 Å². The maximum absolute atomic E-state index is 12.9. The van der Waals surface area contributed by atoms with Crippen LogP contribution in [0.1, 0.15) is 28.4 Å². The van der Waals surface area contributed by atoms with Crippen molar-refractivity contribution < 1.29 is 29.1 Å². The Labute approximate surface area is 212 Å². The summed E-state index contributed by atoms with van der Waals surface area (Å²) in [5.41, 5.74) is 4.23. The molecule has 0 spiro atoms. The molecule has 0 saturated heterocycles. The number of anilines is 2. The Morgan fingerprint density at radius 2 is 1.41 bits per heavy atom. The highest BCUT2D eigenvalue weighted by atomic mass is 19.1. The van der Waals surface area contributed by atoms with Gasteiger partial charge in [0.05, 0.1) is 12.6 Å². The van der Waals surface area contributed by atoms with Crippen LogP contribution in [-0.2, 0) is 9.59 Å². The Morgan fingerprint density at radius 3 is 1.95 bits per heavy atom. The molecule has 3 aromatic rings. The van der Waals surface area contributed by atoms with Crippen LogP contribution in [0.5, 0.6) is 0 Å². The van der Waals surface area contributed by atoms with Crippen LogP contribution in [0.25, 0.3) is 0 Å². The third kappa shape index (κ3) is 8.17. The fourth-order valence-corrected chi connectivity index (χ4v) is 3.14. The SMILES string of the molecule is C[C@@H](O)[C@H](NC(=O)c1ccc(C#Cc2ccc(NC(=O)CNc3ccc(F)cc3)cc2)cc1)C(=O)NO. The number of carbonyl (C=O) groups is 3. The molecule has 0 radical (unpaired) electrons. The second-order valence-corrected chi connectivity index (χ2v) is 7.98. The highest BCUT2D eigenvalue weighted by Gasteiger charge is 2.25. The topological polar surface area (TPSA) is 140 Å². The molecule has 0 bridgehead atoms. The molecule has 0 fully saturated rings. The molecule has 0 heterocycles. The number of hydroxylamine groups is 1. The Bertz CT molecular complexity index is 1300. The van der Waals surface area contributed by atoms with E-state index in [1.165, 1.54) is 36.7 Å². The van der Waals surface area contributed by atoms with Gasteiger partial charge in [0.1, 0.15) is 11.9 Å². The monoisotopic (exact) mass is 504 g/mol. The maximum atomic E-state index is 12.9. The molecule has 0 aromatic heterocycles. The van der Waals surface area contributed by atoms with E-state index in [9.17, 15) is 23.9 Å². The second kappa shape index (κ2) is 12.8. The maximum Gasteiger partial charge on any atom is 0.268 e. The molecule has 0 aliphatic rings. The van der Waals surface area contributed by atoms with Crippen molar-refractivity contribution in [3.63, 3.8) is 0 Å². The van der Waals surface area contributed by atoms with Crippen LogP contribution >= 0.6 is 0 Å². The van der Waals surface area contributed by atoms with E-state index in [1.807, 2.05) is 0 Å². The highest BCUT2D eigenvalue weighted by molar-refractivity contribution is 5.97. The summed E-state index contributed by atoms with van der Waals surface area (Å²) in [6.07, 6.45) is -1.21. The highest BCUT2D eigenvalue weighted by Crippen LogP contribution is 2.11. The summed E-state index contributed by atoms with van der Waals surface area (Å²) >= 11 is 0. The number of hydrogen-bond donors (Lipinski definition) is 6. The third-order valence-electron chi connectivity index (χ3n) is 5.13. The predicted molar refractivity (Wildman–Crippen MR) is 135 cm³/mol. The molecular formula is C27H25FN4O5. The number of amides is 3. The van der Waals surface area contributed by atoms with Crippen LogP contribution < -0.4 is 21.4 Å². The molecule has 0 unspecified atom stereocenters. The van der Waals surface area contributed by atoms with Gasteiger partial charge in [0.2, 0.25) is 5.91 Å². The van der Waals surface area contributed by atoms with Crippen LogP contribution in [0, 0.1) is 17.7 Å². The zero-order valence-corrected chi connectivity index (χ0v) is 19.8. The zero-order chi connectivity index (χ0) is 26.8. The van der Waals surface area contributed by atoms with Crippen LogP contribution in [0.2, 0.25) is 0 Å². The van der Waals surface area contributed by atoms with E-state index in [4.69, 9.17) is 5.21 Å². The van der Waals surface area contributed by atoms with E-state index in [0.29, 0.717) is 22.5 Å². The van der Waals surface area contributed by atoms with Gasteiger partial charge >= 0.3 is 0 Å². The van der Waals surface area contributed by atoms with Crippen LogP contribution in [0.3, 0.4) is 0 Å². The molecule has 190 valence electrons. The molecule has 6 N–H and O–H groups in total. The van der Waals surface area contributed by atoms with E-state index >= 15 is 0 Å². The van der Waals surface area contributed by atoms with Crippen molar-refractivity contribution in [2.45, 2.75) is 19.1 Å². The number of rotatable bonds is 8. The second-order valence-electron chi connectivity index (χ2n) is 7.98. The molecule has 0 aliphatic carbocycles. The number of nitrogens with one attached hydrogen (secondary N) is 4. The number of aliphatic hydroxyl groups excluding tert-OH is 1. The number of benzene rings is 3. The first-order chi connectivity index (χ1) is 17.7. The lowest BCUT2D eigenvalue weighted by atomic mass is 10.1. The van der Waals surface area contributed by atoms with Gasteiger partial charge in [-0.1, -0.05) is 11.8 Å². The first-order valence-electron chi connectivity index (χ1n) is 11.2. The van der Waals surface area contributed by atoms with Crippen molar-refractivity contribution >= 4 is 29.1 Å². The first kappa shape index (κ1) is 26.9. The predicted octanol–water partition coefficient (Wildman–Crippen LogP) is 2.26. The minimum absolute atomic E-state index is 0.0233. The summed E-state index contributed by atoms with van der Waals surface area (Å²) in [4.78, 5) is 36.0. The summed E-state index contributed by atoms with van der Waals surface area (Å²) in [6.45, 7) is 1.34. The van der Waals surface area contributed by atoms with Crippen molar-refractivity contribution in [2.75, 3.05) is 17.2 Å². The van der Waals surface area contributed by atoms with Gasteiger partial charge in [0, 0.05) is 28.1 Å². The summed E-state index contributed by atoms with van der Waals surface area (Å²) < 4.78 is 12.9. The van der Waals surface area contributed by atoms with Crippen molar-refractivity contribution in [3.8, 4) is 11.8 Å². The lowest BCUT2D eigenvalue weighted by molar-refractivity contribution is -0.133. The lowest BCUT2D eigenvalue weighted by Gasteiger charge is -2.19. The Hall–Kier alpha value is -4.72. The standard InChI is InChI=1S/C27H25FN4O5/c1-17(33)25(27(36)32-37)31-26(35)20-8-4-18(5-9-20)2-3-19-6-12-23(13-7-19)30-24(34)16-29-22-14-10-21(28)11-15-22/h4-15,17,25,29,33,37H,16H2,1H3,(H,30,34)(H,31,35)(H,32,36)/t17-,25+/m1/s1. The van der Waals surface area contributed by atoms with E-state index < -0.39 is 24.0 Å². The van der Waals surface area contributed by atoms with Crippen LogP contribution in [0.15, 0.2) is 72.8 Å². The van der Waals surface area contributed by atoms with Crippen molar-refractivity contribution in [1.82, 2.24) is 10.8 Å². The average Bonchev–Trinajstić information content (AvgIpc) is 2.90. The molecule has 37 heavy (non-hydrogen) atoms. The fourth-order valence-electron chi connectivity index (χ4n) is 3.14. The zero-order valence-electron chi connectivity index (χ0n) is 19.8. The van der Waals surface area contributed by atoms with Gasteiger partial charge in [-0.15, -0.1) is 0 Å². The number of carbonyl (C=O) groups excluding carboxylic acids is 3. The van der Waals surface area contributed by atoms with Crippen LogP contribution in [0.4, 0.5) is 15.8 Å². The molecule has 10 heteroatoms. The quantitative estimate of drug-likeness (QED) is 0.158. The Balaban J connectivity index is 1.53. The largest absolute Gasteiger partial charge is 0.391 e. The summed E-state index contributed by atoms with van der Waals surface area (Å²) in [5.74, 6) is 3.82. The third-order valence-corrected chi connectivity index (χ3v) is 5.13. The smallest absolute Gasteiger partial charge is 0.268 e. The average molecular weight is 505 g/mol. The first-order valence-corrected chi connectivity index (χ1v) is 11.2. The van der Waals surface area contributed by atoms with Gasteiger partial charge in [0.25, 0.3) is 11.8 Å². The number of aliphatic hydroxyl groups is 1. The van der Waals surface area contributed by atoms with Gasteiger partial charge < -0.3 is 21.1 Å². The van der Waals surface area contributed by atoms with Gasteiger partial charge in [-0.05, 0) is 79.7 Å².